The molecule has 6 aliphatic rings. The number of aliphatic carboxylic acids is 7. The summed E-state index contributed by atoms with van der Waals surface area (Å²) in [6.07, 6.45) is -1.22. The SMILES string of the molecule is CC1OC(=O)CC2(C)C(CCC(=O)O)C3=NC12C1=NC(=CC2=C(CCC(=O)O)C(CC(=O)O)C(=CC4=NC(=C3)C(C)(CC(=O)O)C4CCC(=O)O)N2)C(C)(CCC(=O)O)C1CC(=O)O. The minimum Gasteiger partial charge on any atom is -0.481 e. The predicted molar refractivity (Wildman–Crippen MR) is 222 cm³/mol. The Morgan fingerprint density at radius 2 is 1.28 bits per heavy atom. The number of hydrogen-bond donors (Lipinski definition) is 8. The van der Waals surface area contributed by atoms with E-state index in [-0.39, 0.29) is 72.0 Å². The molecule has 6 aliphatic heterocycles. The average Bonchev–Trinajstić information content (AvgIpc) is 3.78. The molecule has 0 aromatic heterocycles. The number of fused-ring (bicyclic) bond motifs is 4. The van der Waals surface area contributed by atoms with Crippen LogP contribution in [-0.4, -0.2) is 112 Å². The number of carboxylic acid groups (broad SMARTS) is 7. The summed E-state index contributed by atoms with van der Waals surface area (Å²) in [5.74, 6) is -13.3. The number of ether oxygens (including phenoxy) is 1. The van der Waals surface area contributed by atoms with E-state index in [0.717, 1.165) is 0 Å². The summed E-state index contributed by atoms with van der Waals surface area (Å²) in [6, 6.07) is 0. The molecule has 64 heavy (non-hydrogen) atoms. The van der Waals surface area contributed by atoms with Crippen molar-refractivity contribution in [2.24, 2.45) is 54.9 Å². The maximum atomic E-state index is 13.6. The first-order valence-corrected chi connectivity index (χ1v) is 21.0. The number of rotatable bonds is 18. The van der Waals surface area contributed by atoms with Crippen LogP contribution in [0.3, 0.4) is 0 Å². The lowest BCUT2D eigenvalue weighted by atomic mass is 9.54. The zero-order valence-corrected chi connectivity index (χ0v) is 35.8. The van der Waals surface area contributed by atoms with Gasteiger partial charge in [-0.25, -0.2) is 0 Å². The van der Waals surface area contributed by atoms with Crippen LogP contribution in [0.25, 0.3) is 0 Å². The predicted octanol–water partition coefficient (Wildman–Crippen LogP) is 4.31. The number of aliphatic imine (C=N–C) groups is 3. The Kier molecular flexibility index (Phi) is 12.7. The number of esters is 1. The van der Waals surface area contributed by atoms with Gasteiger partial charge >= 0.3 is 47.8 Å². The molecule has 20 nitrogen and oxygen atoms in total. The van der Waals surface area contributed by atoms with Gasteiger partial charge < -0.3 is 45.8 Å². The first-order chi connectivity index (χ1) is 29.9. The summed E-state index contributed by atoms with van der Waals surface area (Å²) in [6.45, 7) is 6.49. The van der Waals surface area contributed by atoms with Crippen molar-refractivity contribution in [3.63, 3.8) is 0 Å². The number of nitrogens with one attached hydrogen (secondary N) is 1. The Labute approximate surface area is 366 Å². The fourth-order valence-electron chi connectivity index (χ4n) is 11.2. The molecule has 8 bridgehead atoms. The van der Waals surface area contributed by atoms with Crippen LogP contribution in [0.15, 0.2) is 61.6 Å². The van der Waals surface area contributed by atoms with Crippen molar-refractivity contribution in [2.75, 3.05) is 0 Å². The van der Waals surface area contributed by atoms with E-state index >= 15 is 0 Å². The van der Waals surface area contributed by atoms with Crippen LogP contribution in [0.1, 0.15) is 105 Å². The summed E-state index contributed by atoms with van der Waals surface area (Å²) in [5.41, 5.74) is -4.67. The van der Waals surface area contributed by atoms with Gasteiger partial charge in [0.1, 0.15) is 11.6 Å². The van der Waals surface area contributed by atoms with Crippen molar-refractivity contribution < 1.29 is 78.8 Å². The number of carbonyl (C=O) groups is 8. The van der Waals surface area contributed by atoms with Gasteiger partial charge in [-0.05, 0) is 56.4 Å². The molecule has 0 aromatic carbocycles. The van der Waals surface area contributed by atoms with E-state index in [2.05, 4.69) is 5.32 Å². The highest BCUT2D eigenvalue weighted by molar-refractivity contribution is 6.12. The maximum Gasteiger partial charge on any atom is 0.306 e. The van der Waals surface area contributed by atoms with Gasteiger partial charge in [-0.2, -0.15) is 0 Å². The monoisotopic (exact) mass is 892 g/mol. The molecule has 9 unspecified atom stereocenters. The van der Waals surface area contributed by atoms with Crippen LogP contribution in [0, 0.1) is 39.9 Å². The third-order valence-corrected chi connectivity index (χ3v) is 14.3. The lowest BCUT2D eigenvalue weighted by Crippen LogP contribution is -2.64. The summed E-state index contributed by atoms with van der Waals surface area (Å²) in [7, 11) is 0. The van der Waals surface area contributed by atoms with E-state index in [1.165, 1.54) is 18.2 Å². The van der Waals surface area contributed by atoms with E-state index in [1.807, 2.05) is 0 Å². The minimum absolute atomic E-state index is 0.104. The smallest absolute Gasteiger partial charge is 0.306 e. The molecule has 1 spiro atoms. The second kappa shape index (κ2) is 17.2. The molecule has 9 atom stereocenters. The Morgan fingerprint density at radius 1 is 0.688 bits per heavy atom. The molecule has 0 saturated carbocycles. The van der Waals surface area contributed by atoms with Crippen LogP contribution in [0.4, 0.5) is 0 Å². The Balaban J connectivity index is 1.80. The first-order valence-electron chi connectivity index (χ1n) is 21.0. The fraction of sp³-hybridized carbons (Fsp3) is 0.568. The van der Waals surface area contributed by atoms with E-state index in [4.69, 9.17) is 19.7 Å². The van der Waals surface area contributed by atoms with Crippen molar-refractivity contribution in [2.45, 2.75) is 116 Å². The molecular formula is C44H52N4O16. The molecule has 20 heteroatoms. The quantitative estimate of drug-likeness (QED) is 0.0888. The molecule has 1 saturated heterocycles. The number of allylic oxidation sites excluding steroid dienone is 6. The topological polar surface area (TPSA) is 337 Å². The fourth-order valence-corrected chi connectivity index (χ4v) is 11.2. The van der Waals surface area contributed by atoms with Crippen molar-refractivity contribution >= 4 is 64.9 Å². The Bertz CT molecular complexity index is 2340. The van der Waals surface area contributed by atoms with Gasteiger partial charge in [-0.1, -0.05) is 20.8 Å². The van der Waals surface area contributed by atoms with E-state index < -0.39 is 144 Å². The van der Waals surface area contributed by atoms with Gasteiger partial charge in [0, 0.05) is 99.8 Å². The number of cyclic esters (lactones) is 1. The molecule has 6 rings (SSSR count). The van der Waals surface area contributed by atoms with E-state index in [0.29, 0.717) is 5.57 Å². The third-order valence-electron chi connectivity index (χ3n) is 14.3. The largest absolute Gasteiger partial charge is 0.481 e. The Morgan fingerprint density at radius 3 is 1.86 bits per heavy atom. The molecule has 344 valence electrons. The van der Waals surface area contributed by atoms with Gasteiger partial charge in [0.05, 0.1) is 31.4 Å². The second-order valence-electron chi connectivity index (χ2n) is 18.2. The molecule has 6 heterocycles. The highest BCUT2D eigenvalue weighted by Crippen LogP contribution is 2.63. The summed E-state index contributed by atoms with van der Waals surface area (Å²) in [4.78, 5) is 116. The lowest BCUT2D eigenvalue weighted by molar-refractivity contribution is -0.167. The zero-order chi connectivity index (χ0) is 47.3. The molecule has 0 aromatic rings. The standard InChI is InChI=1S/C44H52N4O16/c1-20-44-40-25(14-37(59)60)41(2,12-11-35(55)56)30(47-40)16-27-21(5-8-32(49)50)22(13-36(57)58)26(45-27)15-28-23(6-9-33(51)52)42(3,18-38(61)62)31(46-28)17-29(48-44)24(7-10-34(53)54)43(44,4)19-39(63)64-20/h15-17,20,22-25,45H,5-14,18-19H2,1-4H3,(H,49,50)(H,51,52)(H,53,54)(H,55,56)(H,57,58)(H,59,60)(H,61,62). The highest BCUT2D eigenvalue weighted by atomic mass is 16.5. The van der Waals surface area contributed by atoms with Crippen LogP contribution in [-0.2, 0) is 43.1 Å². The van der Waals surface area contributed by atoms with Gasteiger partial charge in [-0.3, -0.25) is 53.3 Å². The van der Waals surface area contributed by atoms with Gasteiger partial charge in [0.15, 0.2) is 0 Å². The van der Waals surface area contributed by atoms with Gasteiger partial charge in [-0.15, -0.1) is 0 Å². The number of carboxylic acids is 7. The second-order valence-corrected chi connectivity index (χ2v) is 18.2. The minimum atomic E-state index is -1.76. The van der Waals surface area contributed by atoms with Crippen molar-refractivity contribution in [3.8, 4) is 0 Å². The number of carbonyl (C=O) groups excluding carboxylic acids is 1. The molecule has 0 radical (unpaired) electrons. The van der Waals surface area contributed by atoms with Crippen molar-refractivity contribution in [1.82, 2.24) is 5.32 Å². The normalized spacial score (nSPS) is 32.6. The van der Waals surface area contributed by atoms with Crippen LogP contribution in [0.2, 0.25) is 0 Å². The average molecular weight is 893 g/mol. The summed E-state index contributed by atoms with van der Waals surface area (Å²) < 4.78 is 5.95. The molecule has 0 amide bonds. The number of hydrogen-bond acceptors (Lipinski definition) is 13. The summed E-state index contributed by atoms with van der Waals surface area (Å²) >= 11 is 0. The molecule has 1 fully saturated rings. The third kappa shape index (κ3) is 8.36. The molecule has 0 aliphatic carbocycles. The summed E-state index contributed by atoms with van der Waals surface area (Å²) in [5, 5.41) is 74.1. The van der Waals surface area contributed by atoms with Gasteiger partial charge in [0.25, 0.3) is 0 Å². The van der Waals surface area contributed by atoms with Crippen LogP contribution < -0.4 is 5.32 Å². The maximum absolute atomic E-state index is 13.6. The van der Waals surface area contributed by atoms with Crippen LogP contribution >= 0.6 is 0 Å². The Hall–Kier alpha value is -6.47. The first kappa shape index (κ1) is 47.0. The van der Waals surface area contributed by atoms with E-state index in [1.54, 1.807) is 27.7 Å². The van der Waals surface area contributed by atoms with Crippen molar-refractivity contribution in [1.29, 1.82) is 0 Å². The lowest BCUT2D eigenvalue weighted by Gasteiger charge is -2.52. The van der Waals surface area contributed by atoms with Crippen molar-refractivity contribution in [3.05, 3.63) is 46.6 Å². The number of nitrogens with zero attached hydrogens (tertiary/aromatic N) is 3. The molecular weight excluding hydrogens is 840 g/mol. The van der Waals surface area contributed by atoms with Crippen LogP contribution in [0.5, 0.6) is 0 Å². The highest BCUT2D eigenvalue weighted by Gasteiger charge is 2.70. The molecule has 8 N–H and O–H groups in total. The van der Waals surface area contributed by atoms with Gasteiger partial charge in [0.2, 0.25) is 0 Å². The van der Waals surface area contributed by atoms with E-state index in [9.17, 15) is 74.1 Å². The zero-order valence-electron chi connectivity index (χ0n) is 35.8.